The van der Waals surface area contributed by atoms with Gasteiger partial charge in [-0.1, -0.05) is 13.0 Å². The van der Waals surface area contributed by atoms with E-state index in [9.17, 15) is 0 Å². The molecule has 1 unspecified atom stereocenters. The fraction of sp³-hybridized carbons (Fsp3) is 0.471. The van der Waals surface area contributed by atoms with E-state index in [1.807, 2.05) is 26.1 Å². The zero-order valence-corrected chi connectivity index (χ0v) is 13.1. The van der Waals surface area contributed by atoms with Gasteiger partial charge in [-0.2, -0.15) is 0 Å². The standard InChI is InChI=1S/C17H24N2O/c1-6-18-16(10-15-11(2)8-7-9-19-15)17-12(3)13(4)20-14(17)5/h7-9,16,18H,6,10H2,1-5H3. The molecule has 0 radical (unpaired) electrons. The second-order valence-electron chi connectivity index (χ2n) is 5.33. The molecule has 0 aliphatic rings. The van der Waals surface area contributed by atoms with E-state index in [1.165, 1.54) is 16.7 Å². The van der Waals surface area contributed by atoms with Crippen LogP contribution in [0.5, 0.6) is 0 Å². The van der Waals surface area contributed by atoms with Crippen LogP contribution in [0.3, 0.4) is 0 Å². The number of nitrogens with one attached hydrogen (secondary N) is 1. The van der Waals surface area contributed by atoms with Crippen molar-refractivity contribution in [1.82, 2.24) is 10.3 Å². The van der Waals surface area contributed by atoms with Gasteiger partial charge in [-0.3, -0.25) is 4.98 Å². The first-order valence-corrected chi connectivity index (χ1v) is 7.25. The van der Waals surface area contributed by atoms with E-state index >= 15 is 0 Å². The predicted molar refractivity (Wildman–Crippen MR) is 82.0 cm³/mol. The van der Waals surface area contributed by atoms with Crippen molar-refractivity contribution >= 4 is 0 Å². The number of rotatable bonds is 5. The molecule has 3 nitrogen and oxygen atoms in total. The summed E-state index contributed by atoms with van der Waals surface area (Å²) in [6.07, 6.45) is 2.76. The highest BCUT2D eigenvalue weighted by molar-refractivity contribution is 5.35. The number of hydrogen-bond donors (Lipinski definition) is 1. The van der Waals surface area contributed by atoms with Gasteiger partial charge in [-0.15, -0.1) is 0 Å². The molecule has 0 bridgehead atoms. The van der Waals surface area contributed by atoms with E-state index in [1.54, 1.807) is 0 Å². The maximum absolute atomic E-state index is 5.78. The minimum atomic E-state index is 0.256. The third kappa shape index (κ3) is 2.93. The number of likely N-dealkylation sites (N-methyl/N-ethyl adjacent to an activating group) is 1. The molecule has 0 aliphatic carbocycles. The zero-order valence-electron chi connectivity index (χ0n) is 13.1. The molecule has 0 aromatic carbocycles. The molecular formula is C17H24N2O. The van der Waals surface area contributed by atoms with Crippen LogP contribution in [-0.2, 0) is 6.42 Å². The number of nitrogens with zero attached hydrogens (tertiary/aromatic N) is 1. The van der Waals surface area contributed by atoms with Crippen LogP contribution in [0.15, 0.2) is 22.7 Å². The lowest BCUT2D eigenvalue weighted by Gasteiger charge is -2.19. The van der Waals surface area contributed by atoms with Crippen LogP contribution in [0.25, 0.3) is 0 Å². The van der Waals surface area contributed by atoms with E-state index in [-0.39, 0.29) is 6.04 Å². The van der Waals surface area contributed by atoms with Crippen LogP contribution < -0.4 is 5.32 Å². The Morgan fingerprint density at radius 3 is 2.50 bits per heavy atom. The highest BCUT2D eigenvalue weighted by Crippen LogP contribution is 2.29. The lowest BCUT2D eigenvalue weighted by molar-refractivity contribution is 0.483. The molecule has 2 heterocycles. The number of furan rings is 1. The Bertz CT molecular complexity index is 587. The van der Waals surface area contributed by atoms with Gasteiger partial charge >= 0.3 is 0 Å². The zero-order chi connectivity index (χ0) is 14.7. The first kappa shape index (κ1) is 14.8. The fourth-order valence-corrected chi connectivity index (χ4v) is 2.77. The molecule has 1 N–H and O–H groups in total. The minimum Gasteiger partial charge on any atom is -0.466 e. The van der Waals surface area contributed by atoms with Crippen LogP contribution in [0.1, 0.15) is 46.9 Å². The molecule has 2 aromatic rings. The Kier molecular flexibility index (Phi) is 4.61. The average molecular weight is 272 g/mol. The van der Waals surface area contributed by atoms with Crippen molar-refractivity contribution in [2.45, 2.75) is 47.1 Å². The van der Waals surface area contributed by atoms with E-state index < -0.39 is 0 Å². The van der Waals surface area contributed by atoms with Gasteiger partial charge in [0.05, 0.1) is 0 Å². The van der Waals surface area contributed by atoms with Gasteiger partial charge in [0.2, 0.25) is 0 Å². The first-order chi connectivity index (χ1) is 9.54. The third-order valence-corrected chi connectivity index (χ3v) is 3.93. The Morgan fingerprint density at radius 1 is 1.20 bits per heavy atom. The summed E-state index contributed by atoms with van der Waals surface area (Å²) in [7, 11) is 0. The van der Waals surface area contributed by atoms with Gasteiger partial charge in [0, 0.05) is 29.9 Å². The van der Waals surface area contributed by atoms with Gasteiger partial charge in [-0.25, -0.2) is 0 Å². The van der Waals surface area contributed by atoms with Crippen molar-refractivity contribution in [2.75, 3.05) is 6.54 Å². The molecule has 108 valence electrons. The Hall–Kier alpha value is -1.61. The normalized spacial score (nSPS) is 12.7. The van der Waals surface area contributed by atoms with E-state index in [2.05, 4.69) is 37.1 Å². The van der Waals surface area contributed by atoms with Crippen LogP contribution in [-0.4, -0.2) is 11.5 Å². The lowest BCUT2D eigenvalue weighted by atomic mass is 9.96. The van der Waals surface area contributed by atoms with Crippen LogP contribution >= 0.6 is 0 Å². The van der Waals surface area contributed by atoms with E-state index in [0.29, 0.717) is 0 Å². The highest BCUT2D eigenvalue weighted by atomic mass is 16.3. The Morgan fingerprint density at radius 2 is 1.95 bits per heavy atom. The van der Waals surface area contributed by atoms with Crippen molar-refractivity contribution in [3.8, 4) is 0 Å². The monoisotopic (exact) mass is 272 g/mol. The van der Waals surface area contributed by atoms with Gasteiger partial charge in [0.1, 0.15) is 11.5 Å². The molecule has 2 rings (SSSR count). The molecule has 20 heavy (non-hydrogen) atoms. The molecule has 0 saturated carbocycles. The number of pyridine rings is 1. The second-order valence-corrected chi connectivity index (χ2v) is 5.33. The topological polar surface area (TPSA) is 38.1 Å². The maximum atomic E-state index is 5.78. The summed E-state index contributed by atoms with van der Waals surface area (Å²) in [5, 5.41) is 3.57. The molecule has 0 aliphatic heterocycles. The summed E-state index contributed by atoms with van der Waals surface area (Å²) in [4.78, 5) is 4.52. The summed E-state index contributed by atoms with van der Waals surface area (Å²) in [6, 6.07) is 4.36. The maximum Gasteiger partial charge on any atom is 0.106 e. The summed E-state index contributed by atoms with van der Waals surface area (Å²) in [5.74, 6) is 2.03. The third-order valence-electron chi connectivity index (χ3n) is 3.93. The number of aryl methyl sites for hydroxylation is 3. The SMILES string of the molecule is CCNC(Cc1ncccc1C)c1c(C)oc(C)c1C. The van der Waals surface area contributed by atoms with Crippen molar-refractivity contribution < 1.29 is 4.42 Å². The van der Waals surface area contributed by atoms with Crippen molar-refractivity contribution in [3.63, 3.8) is 0 Å². The summed E-state index contributed by atoms with van der Waals surface area (Å²) < 4.78 is 5.78. The minimum absolute atomic E-state index is 0.256. The summed E-state index contributed by atoms with van der Waals surface area (Å²) in [5.41, 5.74) is 4.93. The predicted octanol–water partition coefficient (Wildman–Crippen LogP) is 3.80. The Balaban J connectivity index is 2.34. The molecule has 0 saturated heterocycles. The van der Waals surface area contributed by atoms with Crippen LogP contribution in [0.4, 0.5) is 0 Å². The largest absolute Gasteiger partial charge is 0.466 e. The van der Waals surface area contributed by atoms with Gasteiger partial charge in [0.15, 0.2) is 0 Å². The van der Waals surface area contributed by atoms with Crippen molar-refractivity contribution in [3.05, 3.63) is 52.2 Å². The van der Waals surface area contributed by atoms with Gasteiger partial charge < -0.3 is 9.73 Å². The lowest BCUT2D eigenvalue weighted by Crippen LogP contribution is -2.24. The van der Waals surface area contributed by atoms with Crippen LogP contribution in [0.2, 0.25) is 0 Å². The van der Waals surface area contributed by atoms with Gasteiger partial charge in [0.25, 0.3) is 0 Å². The summed E-state index contributed by atoms with van der Waals surface area (Å²) >= 11 is 0. The van der Waals surface area contributed by atoms with E-state index in [0.717, 1.165) is 30.2 Å². The fourth-order valence-electron chi connectivity index (χ4n) is 2.77. The molecule has 3 heteroatoms. The summed E-state index contributed by atoms with van der Waals surface area (Å²) in [6.45, 7) is 11.4. The molecule has 0 amide bonds. The first-order valence-electron chi connectivity index (χ1n) is 7.25. The highest BCUT2D eigenvalue weighted by Gasteiger charge is 2.21. The van der Waals surface area contributed by atoms with E-state index in [4.69, 9.17) is 4.42 Å². The molecule has 0 spiro atoms. The molecule has 2 aromatic heterocycles. The molecule has 0 fully saturated rings. The molecular weight excluding hydrogens is 248 g/mol. The van der Waals surface area contributed by atoms with Crippen molar-refractivity contribution in [2.24, 2.45) is 0 Å². The second kappa shape index (κ2) is 6.23. The average Bonchev–Trinajstić information content (AvgIpc) is 2.65. The molecule has 1 atom stereocenters. The van der Waals surface area contributed by atoms with Crippen molar-refractivity contribution in [1.29, 1.82) is 0 Å². The number of aromatic nitrogens is 1. The van der Waals surface area contributed by atoms with Gasteiger partial charge in [-0.05, 0) is 51.4 Å². The number of hydrogen-bond acceptors (Lipinski definition) is 3. The quantitative estimate of drug-likeness (QED) is 0.899. The Labute approximate surface area is 121 Å². The smallest absolute Gasteiger partial charge is 0.106 e. The van der Waals surface area contributed by atoms with Crippen LogP contribution in [0, 0.1) is 27.7 Å².